The molecule has 26 heavy (non-hydrogen) atoms. The molecule has 0 atom stereocenters. The minimum Gasteiger partial charge on any atom is -0.354 e. The number of hydrogen-bond donors (Lipinski definition) is 0. The predicted molar refractivity (Wildman–Crippen MR) is 102 cm³/mol. The zero-order valence-electron chi connectivity index (χ0n) is 15.1. The number of piperazine rings is 1. The van der Waals surface area contributed by atoms with Crippen LogP contribution in [0.4, 0.5) is 5.82 Å². The van der Waals surface area contributed by atoms with E-state index >= 15 is 0 Å². The summed E-state index contributed by atoms with van der Waals surface area (Å²) in [5, 5.41) is 5.26. The second kappa shape index (κ2) is 7.17. The number of pyridine rings is 1. The van der Waals surface area contributed by atoms with E-state index < -0.39 is 0 Å². The molecule has 1 saturated heterocycles. The summed E-state index contributed by atoms with van der Waals surface area (Å²) < 4.78 is 1.77. The van der Waals surface area contributed by atoms with Gasteiger partial charge in [-0.2, -0.15) is 5.10 Å². The smallest absolute Gasteiger partial charge is 0.180 e. The van der Waals surface area contributed by atoms with E-state index in [1.54, 1.807) is 17.1 Å². The van der Waals surface area contributed by atoms with Gasteiger partial charge in [-0.3, -0.25) is 14.6 Å². The molecule has 1 aliphatic rings. The summed E-state index contributed by atoms with van der Waals surface area (Å²) in [7, 11) is 1.90. The molecule has 0 spiro atoms. The van der Waals surface area contributed by atoms with Crippen LogP contribution in [0.2, 0.25) is 5.15 Å². The third-order valence-corrected chi connectivity index (χ3v) is 5.35. The molecule has 0 unspecified atom stereocenters. The first-order chi connectivity index (χ1) is 12.7. The van der Waals surface area contributed by atoms with Crippen molar-refractivity contribution in [3.8, 4) is 0 Å². The van der Waals surface area contributed by atoms with Gasteiger partial charge in [-0.1, -0.05) is 18.5 Å². The number of halogens is 1. The lowest BCUT2D eigenvalue weighted by Gasteiger charge is -2.35. The Morgan fingerprint density at radius 1 is 1.08 bits per heavy atom. The Hall–Kier alpha value is -2.25. The summed E-state index contributed by atoms with van der Waals surface area (Å²) in [6.07, 6.45) is 4.27. The number of aryl methyl sites for hydroxylation is 2. The Morgan fingerprint density at radius 3 is 2.62 bits per heavy atom. The lowest BCUT2D eigenvalue weighted by Crippen LogP contribution is -2.46. The van der Waals surface area contributed by atoms with Crippen LogP contribution in [-0.2, 0) is 20.0 Å². The summed E-state index contributed by atoms with van der Waals surface area (Å²) in [5.74, 6) is 0.964. The molecule has 1 aliphatic heterocycles. The monoisotopic (exact) mass is 371 g/mol. The van der Waals surface area contributed by atoms with Gasteiger partial charge in [0, 0.05) is 57.7 Å². The van der Waals surface area contributed by atoms with E-state index in [0.717, 1.165) is 66.9 Å². The van der Waals surface area contributed by atoms with Gasteiger partial charge in [-0.25, -0.2) is 9.97 Å². The van der Waals surface area contributed by atoms with Crippen molar-refractivity contribution in [2.75, 3.05) is 31.1 Å². The minimum absolute atomic E-state index is 0.696. The molecular weight excluding hydrogens is 350 g/mol. The van der Waals surface area contributed by atoms with Crippen molar-refractivity contribution in [1.29, 1.82) is 0 Å². The van der Waals surface area contributed by atoms with Gasteiger partial charge in [-0.05, 0) is 18.6 Å². The van der Waals surface area contributed by atoms with Crippen LogP contribution in [0.25, 0.3) is 11.2 Å². The van der Waals surface area contributed by atoms with Crippen molar-refractivity contribution >= 4 is 28.6 Å². The van der Waals surface area contributed by atoms with Crippen LogP contribution < -0.4 is 4.90 Å². The summed E-state index contributed by atoms with van der Waals surface area (Å²) >= 11 is 6.43. The van der Waals surface area contributed by atoms with Crippen LogP contribution >= 0.6 is 11.6 Å². The van der Waals surface area contributed by atoms with E-state index in [1.165, 1.54) is 0 Å². The van der Waals surface area contributed by atoms with E-state index in [9.17, 15) is 0 Å². The summed E-state index contributed by atoms with van der Waals surface area (Å²) in [5.41, 5.74) is 3.77. The average molecular weight is 372 g/mol. The molecule has 0 bridgehead atoms. The normalized spacial score (nSPS) is 15.7. The highest BCUT2D eigenvalue weighted by Gasteiger charge is 2.22. The molecule has 0 aliphatic carbocycles. The van der Waals surface area contributed by atoms with E-state index in [4.69, 9.17) is 11.6 Å². The summed E-state index contributed by atoms with van der Waals surface area (Å²) in [6.45, 7) is 6.76. The van der Waals surface area contributed by atoms with Gasteiger partial charge in [0.1, 0.15) is 16.5 Å². The van der Waals surface area contributed by atoms with Crippen molar-refractivity contribution < 1.29 is 0 Å². The lowest BCUT2D eigenvalue weighted by molar-refractivity contribution is 0.249. The number of aromatic nitrogens is 5. The number of rotatable bonds is 4. The Bertz CT molecular complexity index is 915. The Kier molecular flexibility index (Phi) is 4.74. The molecule has 8 heteroatoms. The fourth-order valence-electron chi connectivity index (χ4n) is 3.42. The quantitative estimate of drug-likeness (QED) is 0.701. The van der Waals surface area contributed by atoms with E-state index in [1.807, 2.05) is 19.2 Å². The van der Waals surface area contributed by atoms with E-state index in [2.05, 4.69) is 36.8 Å². The maximum Gasteiger partial charge on any atom is 0.180 e. The fourth-order valence-corrected chi connectivity index (χ4v) is 3.63. The fraction of sp³-hybridized carbons (Fsp3) is 0.444. The molecule has 1 fully saturated rings. The number of hydrogen-bond acceptors (Lipinski definition) is 6. The molecule has 0 aromatic carbocycles. The third-order valence-electron chi connectivity index (χ3n) is 4.88. The lowest BCUT2D eigenvalue weighted by atomic mass is 10.2. The molecule has 4 rings (SSSR count). The van der Waals surface area contributed by atoms with Gasteiger partial charge in [0.25, 0.3) is 0 Å². The van der Waals surface area contributed by atoms with Gasteiger partial charge < -0.3 is 4.90 Å². The Balaban J connectivity index is 1.44. The zero-order chi connectivity index (χ0) is 18.1. The highest BCUT2D eigenvalue weighted by Crippen LogP contribution is 2.23. The van der Waals surface area contributed by atoms with Crippen molar-refractivity contribution in [2.45, 2.75) is 19.9 Å². The molecule has 136 valence electrons. The molecule has 0 radical (unpaired) electrons. The molecule has 3 aromatic heterocycles. The van der Waals surface area contributed by atoms with Crippen LogP contribution in [0.5, 0.6) is 0 Å². The maximum absolute atomic E-state index is 6.43. The molecular formula is C18H22ClN7. The number of nitrogens with zero attached hydrogens (tertiary/aromatic N) is 7. The molecule has 0 N–H and O–H groups in total. The standard InChI is InChI=1S/C18H22ClN7/c1-3-14-13(17(19)24(2)23-14)12-25-8-10-26(11-9-25)16-5-4-15-18(22-16)21-7-6-20-15/h4-7H,3,8-12H2,1-2H3. The van der Waals surface area contributed by atoms with Crippen LogP contribution in [0.15, 0.2) is 24.5 Å². The zero-order valence-corrected chi connectivity index (χ0v) is 15.8. The van der Waals surface area contributed by atoms with Crippen LogP contribution in [0.1, 0.15) is 18.2 Å². The Morgan fingerprint density at radius 2 is 1.85 bits per heavy atom. The van der Waals surface area contributed by atoms with Gasteiger partial charge >= 0.3 is 0 Å². The maximum atomic E-state index is 6.43. The first kappa shape index (κ1) is 17.2. The summed E-state index contributed by atoms with van der Waals surface area (Å²) in [4.78, 5) is 18.0. The van der Waals surface area contributed by atoms with Crippen molar-refractivity contribution in [3.63, 3.8) is 0 Å². The second-order valence-corrected chi connectivity index (χ2v) is 6.88. The average Bonchev–Trinajstić information content (AvgIpc) is 2.96. The first-order valence-corrected chi connectivity index (χ1v) is 9.29. The topological polar surface area (TPSA) is 63.0 Å². The van der Waals surface area contributed by atoms with Gasteiger partial charge in [0.05, 0.1) is 5.69 Å². The minimum atomic E-state index is 0.696. The molecule has 3 aromatic rings. The number of fused-ring (bicyclic) bond motifs is 1. The molecule has 4 heterocycles. The highest BCUT2D eigenvalue weighted by molar-refractivity contribution is 6.30. The summed E-state index contributed by atoms with van der Waals surface area (Å²) in [6, 6.07) is 4.01. The van der Waals surface area contributed by atoms with Crippen LogP contribution in [0.3, 0.4) is 0 Å². The SMILES string of the molecule is CCc1nn(C)c(Cl)c1CN1CCN(c2ccc3nccnc3n2)CC1. The van der Waals surface area contributed by atoms with Gasteiger partial charge in [-0.15, -0.1) is 0 Å². The van der Waals surface area contributed by atoms with E-state index in [-0.39, 0.29) is 0 Å². The van der Waals surface area contributed by atoms with Crippen molar-refractivity contribution in [1.82, 2.24) is 29.6 Å². The van der Waals surface area contributed by atoms with Crippen molar-refractivity contribution in [2.24, 2.45) is 7.05 Å². The second-order valence-electron chi connectivity index (χ2n) is 6.52. The van der Waals surface area contributed by atoms with Gasteiger partial charge in [0.15, 0.2) is 5.65 Å². The third kappa shape index (κ3) is 3.24. The first-order valence-electron chi connectivity index (χ1n) is 8.91. The van der Waals surface area contributed by atoms with E-state index in [0.29, 0.717) is 5.65 Å². The highest BCUT2D eigenvalue weighted by atomic mass is 35.5. The number of anilines is 1. The predicted octanol–water partition coefficient (Wildman–Crippen LogP) is 2.30. The van der Waals surface area contributed by atoms with Gasteiger partial charge in [0.2, 0.25) is 0 Å². The molecule has 0 saturated carbocycles. The molecule has 7 nitrogen and oxygen atoms in total. The van der Waals surface area contributed by atoms with Crippen LogP contribution in [0, 0.1) is 0 Å². The van der Waals surface area contributed by atoms with Crippen molar-refractivity contribution in [3.05, 3.63) is 40.9 Å². The van der Waals surface area contributed by atoms with Crippen LogP contribution in [-0.4, -0.2) is 55.8 Å². The Labute approximate surface area is 157 Å². The largest absolute Gasteiger partial charge is 0.354 e. The molecule has 0 amide bonds.